The van der Waals surface area contributed by atoms with Gasteiger partial charge in [0.05, 0.1) is 23.1 Å². The maximum absolute atomic E-state index is 13.4. The molecule has 1 saturated heterocycles. The lowest BCUT2D eigenvalue weighted by molar-refractivity contribution is -0.146. The average Bonchev–Trinajstić information content (AvgIpc) is 3.29. The zero-order valence-corrected chi connectivity index (χ0v) is 19.6. The zero-order chi connectivity index (χ0) is 22.1. The second kappa shape index (κ2) is 7.01. The van der Waals surface area contributed by atoms with Gasteiger partial charge in [-0.25, -0.2) is 0 Å². The largest absolute Gasteiger partial charge is 0.359 e. The van der Waals surface area contributed by atoms with Crippen LogP contribution in [0.5, 0.6) is 0 Å². The van der Waals surface area contributed by atoms with Crippen LogP contribution in [-0.2, 0) is 9.53 Å². The summed E-state index contributed by atoms with van der Waals surface area (Å²) in [5.41, 5.74) is 3.38. The summed E-state index contributed by atoms with van der Waals surface area (Å²) in [5, 5.41) is 3.14. The van der Waals surface area contributed by atoms with E-state index >= 15 is 0 Å². The molecule has 3 aliphatic carbocycles. The van der Waals surface area contributed by atoms with Crippen molar-refractivity contribution in [3.8, 4) is 0 Å². The number of carbonyl (C=O) groups excluding carboxylic acids is 1. The van der Waals surface area contributed by atoms with Gasteiger partial charge in [0.15, 0.2) is 0 Å². The van der Waals surface area contributed by atoms with Crippen LogP contribution in [0.25, 0.3) is 0 Å². The predicted octanol–water partition coefficient (Wildman–Crippen LogP) is 4.72. The molecule has 2 spiro atoms. The predicted molar refractivity (Wildman–Crippen MR) is 125 cm³/mol. The molecule has 1 unspecified atom stereocenters. The Morgan fingerprint density at radius 1 is 1.25 bits per heavy atom. The van der Waals surface area contributed by atoms with Gasteiger partial charge in [-0.3, -0.25) is 9.78 Å². The van der Waals surface area contributed by atoms with Crippen molar-refractivity contribution in [2.75, 3.05) is 19.4 Å². The first-order chi connectivity index (χ1) is 15.4. The minimum Gasteiger partial charge on any atom is -0.359 e. The first kappa shape index (κ1) is 20.6. The van der Waals surface area contributed by atoms with Crippen molar-refractivity contribution in [2.24, 2.45) is 17.3 Å². The van der Waals surface area contributed by atoms with Crippen LogP contribution < -0.4 is 5.32 Å². The standard InChI is InChI=1S/C27H35N3O2/c1-25-11-10-19-15-18-6-7-21(30(2)3)16-26(18)12-13-27(19,32-26)23(25)9-8-22(25)24(31)29-20-5-4-14-28-17-20/h4-5,10,14-15,17,21-23H,6-9,11-13,16H2,1-3H3,(H,29,31)/t21-,22+,23+,25+,26+,27?/m0/s1. The van der Waals surface area contributed by atoms with Crippen LogP contribution in [0, 0.1) is 17.3 Å². The van der Waals surface area contributed by atoms with E-state index in [9.17, 15) is 4.79 Å². The highest BCUT2D eigenvalue weighted by Crippen LogP contribution is 2.67. The van der Waals surface area contributed by atoms with Gasteiger partial charge in [-0.1, -0.05) is 19.1 Å². The molecule has 1 aromatic rings. The number of fused-ring (bicyclic) bond motifs is 1. The van der Waals surface area contributed by atoms with E-state index in [0.717, 1.165) is 50.6 Å². The van der Waals surface area contributed by atoms with Crippen molar-refractivity contribution in [1.29, 1.82) is 0 Å². The van der Waals surface area contributed by atoms with Crippen LogP contribution in [-0.4, -0.2) is 47.1 Å². The molecule has 3 heterocycles. The van der Waals surface area contributed by atoms with Crippen LogP contribution >= 0.6 is 0 Å². The number of nitrogens with one attached hydrogen (secondary N) is 1. The van der Waals surface area contributed by atoms with Crippen LogP contribution in [0.4, 0.5) is 5.69 Å². The summed E-state index contributed by atoms with van der Waals surface area (Å²) in [6.45, 7) is 2.34. The molecule has 0 aromatic carbocycles. The van der Waals surface area contributed by atoms with Crippen LogP contribution in [0.15, 0.2) is 47.8 Å². The van der Waals surface area contributed by atoms with Gasteiger partial charge in [0.1, 0.15) is 0 Å². The molecule has 1 N–H and O–H groups in total. The number of hydrogen-bond donors (Lipinski definition) is 1. The SMILES string of the molecule is CN(C)[C@H]1CCC2=CC3=CC[C@]4(C)[C@@H](C(=O)Nc5cccnc5)CC[C@H]4C34CC[C@]2(C1)O4. The summed E-state index contributed by atoms with van der Waals surface area (Å²) in [4.78, 5) is 19.9. The van der Waals surface area contributed by atoms with Gasteiger partial charge < -0.3 is 15.0 Å². The second-order valence-corrected chi connectivity index (χ2v) is 11.3. The molecule has 5 aliphatic rings. The van der Waals surface area contributed by atoms with Crippen molar-refractivity contribution >= 4 is 11.6 Å². The molecular formula is C27H35N3O2. The monoisotopic (exact) mass is 433 g/mol. The minimum atomic E-state index is -0.200. The number of rotatable bonds is 3. The molecule has 6 rings (SSSR count). The molecular weight excluding hydrogens is 398 g/mol. The maximum Gasteiger partial charge on any atom is 0.228 e. The zero-order valence-electron chi connectivity index (χ0n) is 19.6. The number of amides is 1. The van der Waals surface area contributed by atoms with Gasteiger partial charge in [0.25, 0.3) is 0 Å². The van der Waals surface area contributed by atoms with E-state index in [1.807, 2.05) is 12.1 Å². The number of allylic oxidation sites excluding steroid dienone is 1. The molecule has 1 aromatic heterocycles. The molecule has 6 atom stereocenters. The smallest absolute Gasteiger partial charge is 0.228 e. The average molecular weight is 434 g/mol. The third-order valence-corrected chi connectivity index (χ3v) is 9.63. The lowest BCUT2D eigenvalue weighted by Gasteiger charge is -2.54. The molecule has 1 amide bonds. The molecule has 5 nitrogen and oxygen atoms in total. The Bertz CT molecular complexity index is 1000. The number of anilines is 1. The van der Waals surface area contributed by atoms with Crippen LogP contribution in [0.2, 0.25) is 0 Å². The Labute approximate surface area is 191 Å². The molecule has 2 aliphatic heterocycles. The fourth-order valence-electron chi connectivity index (χ4n) is 7.92. The first-order valence-corrected chi connectivity index (χ1v) is 12.4. The van der Waals surface area contributed by atoms with Crippen molar-refractivity contribution in [3.63, 3.8) is 0 Å². The lowest BCUT2D eigenvalue weighted by atomic mass is 9.58. The Kier molecular flexibility index (Phi) is 4.51. The number of ether oxygens (including phenoxy) is 1. The highest BCUT2D eigenvalue weighted by molar-refractivity contribution is 5.93. The fraction of sp³-hybridized carbons (Fsp3) is 0.630. The fourth-order valence-corrected chi connectivity index (χ4v) is 7.92. The van der Waals surface area contributed by atoms with Gasteiger partial charge in [-0.15, -0.1) is 0 Å². The lowest BCUT2D eigenvalue weighted by Crippen LogP contribution is -2.55. The van der Waals surface area contributed by atoms with Crippen molar-refractivity contribution in [3.05, 3.63) is 47.8 Å². The Hall–Kier alpha value is -1.98. The van der Waals surface area contributed by atoms with Crippen molar-refractivity contribution in [1.82, 2.24) is 9.88 Å². The molecule has 3 fully saturated rings. The molecule has 170 valence electrons. The molecule has 5 heteroatoms. The van der Waals surface area contributed by atoms with Gasteiger partial charge >= 0.3 is 0 Å². The third-order valence-electron chi connectivity index (χ3n) is 9.63. The Balaban J connectivity index is 1.31. The number of carbonyl (C=O) groups is 1. The van der Waals surface area contributed by atoms with Gasteiger partial charge in [-0.05, 0) is 100 Å². The summed E-state index contributed by atoms with van der Waals surface area (Å²) < 4.78 is 7.28. The number of aromatic nitrogens is 1. The number of nitrogens with zero attached hydrogens (tertiary/aromatic N) is 2. The van der Waals surface area contributed by atoms with E-state index in [4.69, 9.17) is 4.74 Å². The second-order valence-electron chi connectivity index (χ2n) is 11.3. The van der Waals surface area contributed by atoms with Crippen LogP contribution in [0.1, 0.15) is 58.3 Å². The summed E-state index contributed by atoms with van der Waals surface area (Å²) in [5.74, 6) is 0.546. The minimum absolute atomic E-state index is 0.00582. The van der Waals surface area contributed by atoms with E-state index < -0.39 is 0 Å². The number of hydrogen-bond acceptors (Lipinski definition) is 4. The van der Waals surface area contributed by atoms with E-state index in [-0.39, 0.29) is 28.4 Å². The summed E-state index contributed by atoms with van der Waals surface area (Å²) >= 11 is 0. The molecule has 32 heavy (non-hydrogen) atoms. The molecule has 2 saturated carbocycles. The van der Waals surface area contributed by atoms with E-state index in [2.05, 4.69) is 48.4 Å². The summed E-state index contributed by atoms with van der Waals surface area (Å²) in [7, 11) is 4.41. The highest BCUT2D eigenvalue weighted by atomic mass is 16.5. The van der Waals surface area contributed by atoms with E-state index in [1.165, 1.54) is 17.6 Å². The van der Waals surface area contributed by atoms with Gasteiger partial charge in [-0.2, -0.15) is 0 Å². The third kappa shape index (κ3) is 2.76. The maximum atomic E-state index is 13.4. The highest BCUT2D eigenvalue weighted by Gasteiger charge is 2.67. The first-order valence-electron chi connectivity index (χ1n) is 12.4. The number of pyridine rings is 1. The van der Waals surface area contributed by atoms with Gasteiger partial charge in [0, 0.05) is 18.2 Å². The summed E-state index contributed by atoms with van der Waals surface area (Å²) in [6.07, 6.45) is 17.1. The quantitative estimate of drug-likeness (QED) is 0.749. The van der Waals surface area contributed by atoms with Crippen molar-refractivity contribution in [2.45, 2.75) is 75.5 Å². The Morgan fingerprint density at radius 2 is 2.12 bits per heavy atom. The normalized spacial score (nSPS) is 41.9. The van der Waals surface area contributed by atoms with E-state index in [0.29, 0.717) is 12.0 Å². The van der Waals surface area contributed by atoms with E-state index in [1.54, 1.807) is 12.4 Å². The molecule has 0 radical (unpaired) electrons. The molecule has 2 bridgehead atoms. The summed E-state index contributed by atoms with van der Waals surface area (Å²) in [6, 6.07) is 4.37. The van der Waals surface area contributed by atoms with Crippen molar-refractivity contribution < 1.29 is 9.53 Å². The van der Waals surface area contributed by atoms with Gasteiger partial charge in [0.2, 0.25) is 5.91 Å². The topological polar surface area (TPSA) is 54.5 Å². The Morgan fingerprint density at radius 3 is 2.91 bits per heavy atom. The van der Waals surface area contributed by atoms with Crippen LogP contribution in [0.3, 0.4) is 0 Å².